The molecule has 2 N–H and O–H groups in total. The molecular weight excluding hydrogens is 368 g/mol. The second kappa shape index (κ2) is 6.52. The quantitative estimate of drug-likeness (QED) is 0.704. The number of aromatic hydroxyl groups is 1. The summed E-state index contributed by atoms with van der Waals surface area (Å²) < 4.78 is 7.88. The Labute approximate surface area is 169 Å². The molecule has 8 nitrogen and oxygen atoms in total. The smallest absolute Gasteiger partial charge is 0.335 e. The molecule has 2 aliphatic rings. The molecule has 0 spiro atoms. The van der Waals surface area contributed by atoms with Crippen molar-refractivity contribution in [1.29, 1.82) is 0 Å². The molecule has 2 fully saturated rings. The Bertz CT molecular complexity index is 1000. The first-order chi connectivity index (χ1) is 13.9. The van der Waals surface area contributed by atoms with E-state index in [1.807, 2.05) is 16.8 Å². The van der Waals surface area contributed by atoms with Crippen molar-refractivity contribution in [2.45, 2.75) is 56.7 Å². The Kier molecular flexibility index (Phi) is 4.06. The van der Waals surface area contributed by atoms with Gasteiger partial charge >= 0.3 is 6.01 Å². The fourth-order valence-electron chi connectivity index (χ4n) is 4.77. The Balaban J connectivity index is 1.32. The lowest BCUT2D eigenvalue weighted by Crippen LogP contribution is -2.56. The lowest BCUT2D eigenvalue weighted by Gasteiger charge is -2.41. The number of fused-ring (bicyclic) bond motifs is 2. The van der Waals surface area contributed by atoms with Crippen molar-refractivity contribution >= 4 is 0 Å². The van der Waals surface area contributed by atoms with Gasteiger partial charge in [-0.2, -0.15) is 0 Å². The van der Waals surface area contributed by atoms with Crippen LogP contribution in [0.1, 0.15) is 39.5 Å². The number of benzene rings is 1. The summed E-state index contributed by atoms with van der Waals surface area (Å²) >= 11 is 0. The molecule has 3 atom stereocenters. The SMILES string of the molecule is C[C@]12CC[C@](C)(CC(Oc3ncc(-c4ccc(-n5ccnc5)cc4O)nn3)C1)N2. The highest BCUT2D eigenvalue weighted by Gasteiger charge is 2.49. The van der Waals surface area contributed by atoms with E-state index < -0.39 is 0 Å². The zero-order valence-corrected chi connectivity index (χ0v) is 16.5. The summed E-state index contributed by atoms with van der Waals surface area (Å²) in [7, 11) is 0. The average molecular weight is 392 g/mol. The molecule has 0 saturated carbocycles. The van der Waals surface area contributed by atoms with Gasteiger partial charge < -0.3 is 19.7 Å². The molecule has 2 aromatic heterocycles. The molecule has 1 aromatic carbocycles. The summed E-state index contributed by atoms with van der Waals surface area (Å²) in [5, 5.41) is 22.5. The number of piperidine rings is 1. The molecule has 3 aromatic rings. The van der Waals surface area contributed by atoms with E-state index >= 15 is 0 Å². The highest BCUT2D eigenvalue weighted by atomic mass is 16.5. The van der Waals surface area contributed by atoms with Crippen molar-refractivity contribution in [3.63, 3.8) is 0 Å². The van der Waals surface area contributed by atoms with E-state index in [2.05, 4.69) is 39.3 Å². The highest BCUT2D eigenvalue weighted by Crippen LogP contribution is 2.42. The molecule has 0 aliphatic carbocycles. The molecule has 2 aliphatic heterocycles. The van der Waals surface area contributed by atoms with Crippen LogP contribution >= 0.6 is 0 Å². The number of hydrogen-bond acceptors (Lipinski definition) is 7. The molecular formula is C21H24N6O2. The fraction of sp³-hybridized carbons (Fsp3) is 0.429. The number of imidazole rings is 1. The van der Waals surface area contributed by atoms with E-state index in [1.165, 1.54) is 0 Å². The van der Waals surface area contributed by atoms with E-state index in [1.54, 1.807) is 30.9 Å². The van der Waals surface area contributed by atoms with Crippen molar-refractivity contribution < 1.29 is 9.84 Å². The van der Waals surface area contributed by atoms with Gasteiger partial charge in [0.2, 0.25) is 0 Å². The largest absolute Gasteiger partial charge is 0.507 e. The van der Waals surface area contributed by atoms with Gasteiger partial charge in [0.05, 0.1) is 18.2 Å². The van der Waals surface area contributed by atoms with Crippen LogP contribution in [-0.2, 0) is 0 Å². The van der Waals surface area contributed by atoms with Gasteiger partial charge in [0.1, 0.15) is 17.5 Å². The minimum absolute atomic E-state index is 0.0734. The maximum absolute atomic E-state index is 10.4. The van der Waals surface area contributed by atoms with Gasteiger partial charge in [-0.1, -0.05) is 5.10 Å². The van der Waals surface area contributed by atoms with E-state index in [-0.39, 0.29) is 28.9 Å². The van der Waals surface area contributed by atoms with Gasteiger partial charge in [-0.25, -0.2) is 9.97 Å². The number of phenols is 1. The van der Waals surface area contributed by atoms with Crippen molar-refractivity contribution in [3.05, 3.63) is 43.1 Å². The zero-order chi connectivity index (χ0) is 20.1. The van der Waals surface area contributed by atoms with E-state index in [4.69, 9.17) is 4.74 Å². The van der Waals surface area contributed by atoms with Crippen LogP contribution in [0.25, 0.3) is 16.9 Å². The predicted octanol–water partition coefficient (Wildman–Crippen LogP) is 2.87. The Morgan fingerprint density at radius 2 is 1.97 bits per heavy atom. The van der Waals surface area contributed by atoms with Crippen LogP contribution in [0.5, 0.6) is 11.8 Å². The lowest BCUT2D eigenvalue weighted by molar-refractivity contribution is 0.0713. The van der Waals surface area contributed by atoms with Crippen LogP contribution < -0.4 is 10.1 Å². The first kappa shape index (κ1) is 18.1. The number of ether oxygens (including phenoxy) is 1. The van der Waals surface area contributed by atoms with Crippen molar-refractivity contribution in [3.8, 4) is 28.7 Å². The lowest BCUT2D eigenvalue weighted by atomic mass is 9.86. The van der Waals surface area contributed by atoms with Gasteiger partial charge in [-0.05, 0) is 38.8 Å². The molecule has 29 heavy (non-hydrogen) atoms. The second-order valence-electron chi connectivity index (χ2n) is 8.69. The van der Waals surface area contributed by atoms with Gasteiger partial charge in [-0.3, -0.25) is 0 Å². The average Bonchev–Trinajstić information content (AvgIpc) is 3.28. The van der Waals surface area contributed by atoms with Crippen molar-refractivity contribution in [1.82, 2.24) is 30.0 Å². The number of nitrogens with zero attached hydrogens (tertiary/aromatic N) is 5. The highest BCUT2D eigenvalue weighted by molar-refractivity contribution is 5.67. The third-order valence-corrected chi connectivity index (χ3v) is 6.06. The Morgan fingerprint density at radius 1 is 1.17 bits per heavy atom. The summed E-state index contributed by atoms with van der Waals surface area (Å²) in [4.78, 5) is 8.36. The normalized spacial score (nSPS) is 28.4. The summed E-state index contributed by atoms with van der Waals surface area (Å²) in [5.41, 5.74) is 2.12. The molecule has 8 heteroatoms. The van der Waals surface area contributed by atoms with Crippen LogP contribution in [0.15, 0.2) is 43.1 Å². The summed E-state index contributed by atoms with van der Waals surface area (Å²) in [5.74, 6) is 0.108. The number of nitrogens with one attached hydrogen (secondary N) is 1. The first-order valence-electron chi connectivity index (χ1n) is 9.89. The molecule has 4 heterocycles. The molecule has 0 radical (unpaired) electrons. The maximum atomic E-state index is 10.4. The van der Waals surface area contributed by atoms with Crippen molar-refractivity contribution in [2.75, 3.05) is 0 Å². The number of rotatable bonds is 4. The van der Waals surface area contributed by atoms with Crippen LogP contribution in [-0.4, -0.2) is 47.0 Å². The summed E-state index contributed by atoms with van der Waals surface area (Å²) in [6.07, 6.45) is 11.0. The van der Waals surface area contributed by atoms with Crippen LogP contribution in [0.4, 0.5) is 0 Å². The van der Waals surface area contributed by atoms with Crippen LogP contribution in [0.2, 0.25) is 0 Å². The maximum Gasteiger partial charge on any atom is 0.335 e. The molecule has 5 rings (SSSR count). The Hall–Kier alpha value is -3.00. The second-order valence-corrected chi connectivity index (χ2v) is 8.69. The Morgan fingerprint density at radius 3 is 2.59 bits per heavy atom. The van der Waals surface area contributed by atoms with Crippen LogP contribution in [0.3, 0.4) is 0 Å². The van der Waals surface area contributed by atoms with Gasteiger partial charge in [0, 0.05) is 47.9 Å². The molecule has 0 amide bonds. The van der Waals surface area contributed by atoms with Gasteiger partial charge in [0.15, 0.2) is 0 Å². The number of phenolic OH excluding ortho intramolecular Hbond substituents is 1. The van der Waals surface area contributed by atoms with E-state index in [0.717, 1.165) is 31.4 Å². The monoisotopic (exact) mass is 392 g/mol. The topological polar surface area (TPSA) is 98.0 Å². The van der Waals surface area contributed by atoms with Crippen LogP contribution in [0, 0.1) is 0 Å². The number of hydrogen-bond donors (Lipinski definition) is 2. The minimum Gasteiger partial charge on any atom is -0.507 e. The molecule has 150 valence electrons. The molecule has 2 saturated heterocycles. The third-order valence-electron chi connectivity index (χ3n) is 6.06. The van der Waals surface area contributed by atoms with E-state index in [9.17, 15) is 5.11 Å². The first-order valence-corrected chi connectivity index (χ1v) is 9.89. The zero-order valence-electron chi connectivity index (χ0n) is 16.5. The van der Waals surface area contributed by atoms with E-state index in [0.29, 0.717) is 11.3 Å². The van der Waals surface area contributed by atoms with Crippen molar-refractivity contribution in [2.24, 2.45) is 0 Å². The standard InChI is InChI=1S/C21H24N6O2/c1-20-5-6-21(2,26-20)11-15(10-20)29-19-23-12-17(24-25-19)16-4-3-14(9-18(16)28)27-8-7-22-13-27/h3-4,7-9,12-13,15,26,28H,5-6,10-11H2,1-2H3/t15?,20-,21+. The molecule has 2 bridgehead atoms. The van der Waals surface area contributed by atoms with Gasteiger partial charge in [0.25, 0.3) is 0 Å². The fourth-order valence-corrected chi connectivity index (χ4v) is 4.77. The number of aromatic nitrogens is 5. The predicted molar refractivity (Wildman–Crippen MR) is 107 cm³/mol. The van der Waals surface area contributed by atoms with Gasteiger partial charge in [-0.15, -0.1) is 5.10 Å². The third kappa shape index (κ3) is 3.44. The summed E-state index contributed by atoms with van der Waals surface area (Å²) in [6, 6.07) is 5.62. The molecule has 1 unspecified atom stereocenters. The summed E-state index contributed by atoms with van der Waals surface area (Å²) in [6.45, 7) is 4.51. The minimum atomic E-state index is 0.0734.